The van der Waals surface area contributed by atoms with Crippen LogP contribution in [0.3, 0.4) is 0 Å². The highest BCUT2D eigenvalue weighted by atomic mass is 35.5. The number of amides is 2. The van der Waals surface area contributed by atoms with Gasteiger partial charge in [-0.15, -0.1) is 0 Å². The van der Waals surface area contributed by atoms with Crippen LogP contribution >= 0.6 is 23.2 Å². The average molecular weight is 351 g/mol. The van der Waals surface area contributed by atoms with Gasteiger partial charge in [0.05, 0.1) is 6.04 Å². The monoisotopic (exact) mass is 350 g/mol. The summed E-state index contributed by atoms with van der Waals surface area (Å²) in [7, 11) is 0. The zero-order valence-electron chi connectivity index (χ0n) is 12.7. The molecule has 23 heavy (non-hydrogen) atoms. The standard InChI is InChI=1S/C17H16Cl2N2O2/c1-10(15-8-5-13(18)9-16(15)19)20-17(23)12-3-6-14(7-4-12)21-11(2)22/h3-10H,1-2H3,(H,20,23)(H,21,22). The fourth-order valence-corrected chi connectivity index (χ4v) is 2.69. The van der Waals surface area contributed by atoms with Crippen LogP contribution in [0, 0.1) is 0 Å². The lowest BCUT2D eigenvalue weighted by molar-refractivity contribution is -0.114. The molecule has 120 valence electrons. The van der Waals surface area contributed by atoms with E-state index in [1.807, 2.05) is 6.92 Å². The summed E-state index contributed by atoms with van der Waals surface area (Å²) in [4.78, 5) is 23.3. The lowest BCUT2D eigenvalue weighted by Gasteiger charge is -2.16. The highest BCUT2D eigenvalue weighted by molar-refractivity contribution is 6.35. The van der Waals surface area contributed by atoms with E-state index in [-0.39, 0.29) is 17.9 Å². The van der Waals surface area contributed by atoms with Crippen LogP contribution in [0.1, 0.15) is 35.8 Å². The molecule has 0 fully saturated rings. The van der Waals surface area contributed by atoms with Crippen LogP contribution in [0.2, 0.25) is 10.0 Å². The normalized spacial score (nSPS) is 11.7. The Bertz CT molecular complexity index is 730. The minimum absolute atomic E-state index is 0.159. The van der Waals surface area contributed by atoms with Gasteiger partial charge in [-0.25, -0.2) is 0 Å². The zero-order chi connectivity index (χ0) is 17.0. The highest BCUT2D eigenvalue weighted by Gasteiger charge is 2.14. The molecule has 0 aliphatic rings. The molecule has 2 N–H and O–H groups in total. The number of halogens is 2. The van der Waals surface area contributed by atoms with Crippen LogP contribution in [0.5, 0.6) is 0 Å². The van der Waals surface area contributed by atoms with E-state index < -0.39 is 0 Å². The van der Waals surface area contributed by atoms with Gasteiger partial charge in [-0.1, -0.05) is 29.3 Å². The second kappa shape index (κ2) is 7.49. The van der Waals surface area contributed by atoms with Gasteiger partial charge in [0.1, 0.15) is 0 Å². The first-order valence-electron chi connectivity index (χ1n) is 7.00. The number of benzene rings is 2. The molecular weight excluding hydrogens is 335 g/mol. The third-order valence-electron chi connectivity index (χ3n) is 3.24. The van der Waals surface area contributed by atoms with Gasteiger partial charge in [-0.2, -0.15) is 0 Å². The van der Waals surface area contributed by atoms with E-state index in [0.717, 1.165) is 5.56 Å². The Labute approximate surface area is 144 Å². The molecule has 0 heterocycles. The highest BCUT2D eigenvalue weighted by Crippen LogP contribution is 2.26. The predicted octanol–water partition coefficient (Wildman–Crippen LogP) is 4.44. The van der Waals surface area contributed by atoms with Gasteiger partial charge in [0.15, 0.2) is 0 Å². The van der Waals surface area contributed by atoms with Gasteiger partial charge in [0, 0.05) is 28.2 Å². The van der Waals surface area contributed by atoms with Gasteiger partial charge in [-0.3, -0.25) is 9.59 Å². The first-order valence-corrected chi connectivity index (χ1v) is 7.76. The van der Waals surface area contributed by atoms with E-state index in [9.17, 15) is 9.59 Å². The van der Waals surface area contributed by atoms with Crippen LogP contribution in [0.25, 0.3) is 0 Å². The van der Waals surface area contributed by atoms with Crippen molar-refractivity contribution < 1.29 is 9.59 Å². The van der Waals surface area contributed by atoms with E-state index in [2.05, 4.69) is 10.6 Å². The number of hydrogen-bond donors (Lipinski definition) is 2. The van der Waals surface area contributed by atoms with Crippen molar-refractivity contribution in [3.05, 3.63) is 63.6 Å². The maximum absolute atomic E-state index is 12.3. The zero-order valence-corrected chi connectivity index (χ0v) is 14.2. The van der Waals surface area contributed by atoms with Crippen molar-refractivity contribution in [3.8, 4) is 0 Å². The van der Waals surface area contributed by atoms with Crippen LogP contribution in [-0.4, -0.2) is 11.8 Å². The molecule has 0 radical (unpaired) electrons. The molecule has 0 saturated heterocycles. The number of carbonyl (C=O) groups is 2. The smallest absolute Gasteiger partial charge is 0.251 e. The number of hydrogen-bond acceptors (Lipinski definition) is 2. The van der Waals surface area contributed by atoms with Crippen LogP contribution in [0.4, 0.5) is 5.69 Å². The van der Waals surface area contributed by atoms with Crippen molar-refractivity contribution in [2.24, 2.45) is 0 Å². The minimum atomic E-state index is -0.262. The number of rotatable bonds is 4. The van der Waals surface area contributed by atoms with Crippen LogP contribution in [-0.2, 0) is 4.79 Å². The molecule has 2 rings (SSSR count). The molecule has 0 aliphatic carbocycles. The third kappa shape index (κ3) is 4.71. The lowest BCUT2D eigenvalue weighted by Crippen LogP contribution is -2.26. The Morgan fingerprint density at radius 3 is 2.26 bits per heavy atom. The summed E-state index contributed by atoms with van der Waals surface area (Å²) in [5.41, 5.74) is 1.93. The second-order valence-electron chi connectivity index (χ2n) is 5.12. The molecule has 2 aromatic carbocycles. The molecule has 0 saturated carbocycles. The second-order valence-corrected chi connectivity index (χ2v) is 5.96. The van der Waals surface area contributed by atoms with Gasteiger partial charge >= 0.3 is 0 Å². The SMILES string of the molecule is CC(=O)Nc1ccc(C(=O)NC(C)c2ccc(Cl)cc2Cl)cc1. The Balaban J connectivity index is 2.07. The molecule has 2 amide bonds. The predicted molar refractivity (Wildman–Crippen MR) is 93.1 cm³/mol. The fourth-order valence-electron chi connectivity index (χ4n) is 2.12. The van der Waals surface area contributed by atoms with Gasteiger partial charge in [-0.05, 0) is 48.9 Å². The number of anilines is 1. The van der Waals surface area contributed by atoms with Crippen molar-refractivity contribution in [1.82, 2.24) is 5.32 Å². The summed E-state index contributed by atoms with van der Waals surface area (Å²) < 4.78 is 0. The molecule has 6 heteroatoms. The van der Waals surface area contributed by atoms with Crippen molar-refractivity contribution in [3.63, 3.8) is 0 Å². The molecule has 0 spiro atoms. The number of carbonyl (C=O) groups excluding carboxylic acids is 2. The Morgan fingerprint density at radius 2 is 1.70 bits per heavy atom. The quantitative estimate of drug-likeness (QED) is 0.855. The Hall–Kier alpha value is -2.04. The summed E-state index contributed by atoms with van der Waals surface area (Å²) >= 11 is 12.0. The summed E-state index contributed by atoms with van der Waals surface area (Å²) in [6, 6.07) is 11.6. The summed E-state index contributed by atoms with van der Waals surface area (Å²) in [5, 5.41) is 6.58. The maximum atomic E-state index is 12.3. The summed E-state index contributed by atoms with van der Waals surface area (Å²) in [5.74, 6) is -0.383. The van der Waals surface area contributed by atoms with E-state index in [0.29, 0.717) is 21.3 Å². The largest absolute Gasteiger partial charge is 0.345 e. The van der Waals surface area contributed by atoms with Crippen molar-refractivity contribution in [1.29, 1.82) is 0 Å². The molecule has 4 nitrogen and oxygen atoms in total. The van der Waals surface area contributed by atoms with E-state index in [1.54, 1.807) is 42.5 Å². The fraction of sp³-hybridized carbons (Fsp3) is 0.176. The van der Waals surface area contributed by atoms with Crippen molar-refractivity contribution in [2.45, 2.75) is 19.9 Å². The molecule has 1 unspecified atom stereocenters. The van der Waals surface area contributed by atoms with Gasteiger partial charge in [0.2, 0.25) is 5.91 Å². The minimum Gasteiger partial charge on any atom is -0.345 e. The van der Waals surface area contributed by atoms with Crippen molar-refractivity contribution in [2.75, 3.05) is 5.32 Å². The first-order chi connectivity index (χ1) is 10.9. The Morgan fingerprint density at radius 1 is 1.04 bits per heavy atom. The molecule has 1 atom stereocenters. The van der Waals surface area contributed by atoms with Gasteiger partial charge in [0.25, 0.3) is 5.91 Å². The van der Waals surface area contributed by atoms with Crippen molar-refractivity contribution >= 4 is 40.7 Å². The third-order valence-corrected chi connectivity index (χ3v) is 3.81. The summed E-state index contributed by atoms with van der Waals surface area (Å²) in [6.07, 6.45) is 0. The Kier molecular flexibility index (Phi) is 5.64. The lowest BCUT2D eigenvalue weighted by atomic mass is 10.1. The molecule has 0 aliphatic heterocycles. The molecular formula is C17H16Cl2N2O2. The van der Waals surface area contributed by atoms with Gasteiger partial charge < -0.3 is 10.6 Å². The maximum Gasteiger partial charge on any atom is 0.251 e. The summed E-state index contributed by atoms with van der Waals surface area (Å²) in [6.45, 7) is 3.27. The molecule has 2 aromatic rings. The van der Waals surface area contributed by atoms with Crippen LogP contribution in [0.15, 0.2) is 42.5 Å². The molecule has 0 bridgehead atoms. The average Bonchev–Trinajstić information content (AvgIpc) is 2.47. The molecule has 0 aromatic heterocycles. The van der Waals surface area contributed by atoms with E-state index in [1.165, 1.54) is 6.92 Å². The van der Waals surface area contributed by atoms with E-state index >= 15 is 0 Å². The topological polar surface area (TPSA) is 58.2 Å². The van der Waals surface area contributed by atoms with E-state index in [4.69, 9.17) is 23.2 Å². The first kappa shape index (κ1) is 17.3. The number of nitrogens with one attached hydrogen (secondary N) is 2. The van der Waals surface area contributed by atoms with Crippen LogP contribution < -0.4 is 10.6 Å².